The third-order valence-electron chi connectivity index (χ3n) is 6.02. The summed E-state index contributed by atoms with van der Waals surface area (Å²) in [6.45, 7) is 4.30. The van der Waals surface area contributed by atoms with Crippen LogP contribution in [0.25, 0.3) is 49.0 Å². The first-order valence-electron chi connectivity index (χ1n) is 9.22. The molecule has 6 rings (SSSR count). The van der Waals surface area contributed by atoms with Crippen LogP contribution in [0.3, 0.4) is 0 Å². The van der Waals surface area contributed by atoms with E-state index in [0.29, 0.717) is 0 Å². The van der Waals surface area contributed by atoms with Crippen LogP contribution in [0, 0.1) is 19.7 Å². The number of aryl methyl sites for hydroxylation is 3. The van der Waals surface area contributed by atoms with E-state index in [4.69, 9.17) is 0 Å². The fourth-order valence-corrected chi connectivity index (χ4v) is 4.89. The zero-order valence-electron chi connectivity index (χ0n) is 15.5. The summed E-state index contributed by atoms with van der Waals surface area (Å²) in [5.41, 5.74) is 6.89. The van der Waals surface area contributed by atoms with E-state index in [1.54, 1.807) is 12.1 Å². The molecule has 3 heterocycles. The number of halogens is 1. The quantitative estimate of drug-likeness (QED) is 0.192. The molecule has 0 bridgehead atoms. The third-order valence-corrected chi connectivity index (χ3v) is 6.02. The summed E-state index contributed by atoms with van der Waals surface area (Å²) >= 11 is 0. The van der Waals surface area contributed by atoms with E-state index in [1.165, 1.54) is 43.8 Å². The second-order valence-corrected chi connectivity index (χ2v) is 7.62. The van der Waals surface area contributed by atoms with Crippen LogP contribution in [0.5, 0.6) is 0 Å². The van der Waals surface area contributed by atoms with Gasteiger partial charge in [0.15, 0.2) is 6.20 Å². The van der Waals surface area contributed by atoms with Crippen LogP contribution in [0.4, 0.5) is 4.39 Å². The Morgan fingerprint density at radius 1 is 0.852 bits per heavy atom. The number of benzene rings is 3. The summed E-state index contributed by atoms with van der Waals surface area (Å²) in [6, 6.07) is 16.1. The third kappa shape index (κ3) is 1.67. The molecule has 0 saturated heterocycles. The Balaban J connectivity index is 2.17. The highest BCUT2D eigenvalue weighted by Crippen LogP contribution is 2.41. The first kappa shape index (κ1) is 14.9. The van der Waals surface area contributed by atoms with E-state index < -0.39 is 0 Å². The first-order chi connectivity index (χ1) is 13.1. The smallest absolute Gasteiger partial charge is 0.224 e. The maximum atomic E-state index is 14.6. The van der Waals surface area contributed by atoms with Gasteiger partial charge in [-0.2, -0.15) is 0 Å². The van der Waals surface area contributed by atoms with Crippen molar-refractivity contribution in [3.05, 3.63) is 71.7 Å². The molecule has 0 amide bonds. The largest absolute Gasteiger partial charge is 0.307 e. The molecule has 6 aromatic rings. The molecule has 3 aromatic carbocycles. The van der Waals surface area contributed by atoms with Crippen LogP contribution in [-0.2, 0) is 7.05 Å². The highest BCUT2D eigenvalue weighted by Gasteiger charge is 2.24. The van der Waals surface area contributed by atoms with E-state index in [2.05, 4.69) is 60.2 Å². The molecule has 0 atom stereocenters. The molecule has 3 aromatic heterocycles. The topological polar surface area (TPSA) is 8.29 Å². The molecule has 3 heteroatoms. The summed E-state index contributed by atoms with van der Waals surface area (Å²) in [7, 11) is 2.07. The van der Waals surface area contributed by atoms with Gasteiger partial charge >= 0.3 is 0 Å². The predicted octanol–water partition coefficient (Wildman–Crippen LogP) is 5.57. The molecule has 2 nitrogen and oxygen atoms in total. The van der Waals surface area contributed by atoms with E-state index in [9.17, 15) is 4.39 Å². The molecular formula is C24H18FN2+. The molecule has 0 aliphatic carbocycles. The Hall–Kier alpha value is -3.20. The van der Waals surface area contributed by atoms with Crippen molar-refractivity contribution < 1.29 is 8.96 Å². The molecular weight excluding hydrogens is 335 g/mol. The summed E-state index contributed by atoms with van der Waals surface area (Å²) in [4.78, 5) is 0. The minimum Gasteiger partial charge on any atom is -0.307 e. The molecule has 27 heavy (non-hydrogen) atoms. The van der Waals surface area contributed by atoms with Crippen molar-refractivity contribution in [2.45, 2.75) is 13.8 Å². The number of nitrogens with zero attached hydrogens (tertiary/aromatic N) is 2. The fourth-order valence-electron chi connectivity index (χ4n) is 4.89. The molecule has 0 radical (unpaired) electrons. The first-order valence-corrected chi connectivity index (χ1v) is 9.22. The summed E-state index contributed by atoms with van der Waals surface area (Å²) < 4.78 is 19.0. The Morgan fingerprint density at radius 3 is 2.52 bits per heavy atom. The van der Waals surface area contributed by atoms with Crippen LogP contribution >= 0.6 is 0 Å². The molecule has 0 N–H and O–H groups in total. The van der Waals surface area contributed by atoms with Gasteiger partial charge in [-0.1, -0.05) is 30.3 Å². The van der Waals surface area contributed by atoms with Crippen molar-refractivity contribution in [3.63, 3.8) is 0 Å². The van der Waals surface area contributed by atoms with Gasteiger partial charge in [-0.3, -0.25) is 0 Å². The molecule has 0 saturated carbocycles. The van der Waals surface area contributed by atoms with Gasteiger partial charge in [-0.25, -0.2) is 8.96 Å². The number of rotatable bonds is 0. The zero-order valence-corrected chi connectivity index (χ0v) is 15.5. The summed E-state index contributed by atoms with van der Waals surface area (Å²) in [6.07, 6.45) is 2.03. The van der Waals surface area contributed by atoms with Gasteiger partial charge in [0.1, 0.15) is 12.9 Å². The van der Waals surface area contributed by atoms with Crippen molar-refractivity contribution in [2.24, 2.45) is 7.05 Å². The number of hydrogen-bond donors (Lipinski definition) is 0. The van der Waals surface area contributed by atoms with E-state index in [1.807, 2.05) is 12.3 Å². The Labute approximate surface area is 155 Å². The zero-order chi connectivity index (χ0) is 18.4. The van der Waals surface area contributed by atoms with Crippen LogP contribution in [-0.4, -0.2) is 4.40 Å². The number of fused-ring (bicyclic) bond motifs is 5. The van der Waals surface area contributed by atoms with Gasteiger partial charge in [0, 0.05) is 16.8 Å². The second-order valence-electron chi connectivity index (χ2n) is 7.62. The lowest BCUT2D eigenvalue weighted by atomic mass is 10.00. The number of para-hydroxylation sites is 1. The predicted molar refractivity (Wildman–Crippen MR) is 109 cm³/mol. The van der Waals surface area contributed by atoms with Crippen molar-refractivity contribution in [3.8, 4) is 0 Å². The van der Waals surface area contributed by atoms with Gasteiger partial charge in [0.2, 0.25) is 5.52 Å². The molecule has 0 fully saturated rings. The molecule has 0 aliphatic heterocycles. The van der Waals surface area contributed by atoms with Crippen molar-refractivity contribution in [2.75, 3.05) is 0 Å². The minimum absolute atomic E-state index is 0.197. The minimum atomic E-state index is -0.197. The van der Waals surface area contributed by atoms with Crippen LogP contribution < -0.4 is 4.57 Å². The highest BCUT2D eigenvalue weighted by molar-refractivity contribution is 6.26. The Bertz CT molecular complexity index is 1560. The molecule has 0 aliphatic rings. The number of aromatic nitrogens is 2. The van der Waals surface area contributed by atoms with E-state index in [0.717, 1.165) is 16.3 Å². The Kier molecular flexibility index (Phi) is 2.62. The lowest BCUT2D eigenvalue weighted by Gasteiger charge is -2.13. The van der Waals surface area contributed by atoms with Crippen molar-refractivity contribution >= 4 is 49.0 Å². The molecule has 130 valence electrons. The Morgan fingerprint density at radius 2 is 1.67 bits per heavy atom. The van der Waals surface area contributed by atoms with Crippen molar-refractivity contribution in [1.82, 2.24) is 4.40 Å². The maximum Gasteiger partial charge on any atom is 0.224 e. The van der Waals surface area contributed by atoms with Crippen LogP contribution in [0.2, 0.25) is 0 Å². The van der Waals surface area contributed by atoms with Gasteiger partial charge in [-0.15, -0.1) is 0 Å². The van der Waals surface area contributed by atoms with E-state index in [-0.39, 0.29) is 5.82 Å². The van der Waals surface area contributed by atoms with Crippen LogP contribution in [0.1, 0.15) is 11.1 Å². The fraction of sp³-hybridized carbons (Fsp3) is 0.125. The SMILES string of the molecule is Cc1ccc2c3cccc(C)c3n3c4cc(F)cc5cc[n+](C)c(c1c23)c54. The van der Waals surface area contributed by atoms with Crippen molar-refractivity contribution in [1.29, 1.82) is 0 Å². The van der Waals surface area contributed by atoms with Gasteiger partial charge < -0.3 is 4.40 Å². The lowest BCUT2D eigenvalue weighted by molar-refractivity contribution is -0.643. The maximum absolute atomic E-state index is 14.6. The van der Waals surface area contributed by atoms with Gasteiger partial charge in [0.05, 0.1) is 27.3 Å². The number of hydrogen-bond acceptors (Lipinski definition) is 0. The van der Waals surface area contributed by atoms with Gasteiger partial charge in [-0.05, 0) is 42.5 Å². The highest BCUT2D eigenvalue weighted by atomic mass is 19.1. The van der Waals surface area contributed by atoms with Crippen LogP contribution in [0.15, 0.2) is 54.7 Å². The normalized spacial score (nSPS) is 12.4. The summed E-state index contributed by atoms with van der Waals surface area (Å²) in [5.74, 6) is -0.197. The second kappa shape index (κ2) is 4.74. The van der Waals surface area contributed by atoms with Gasteiger partial charge in [0.25, 0.3) is 0 Å². The molecule has 0 unspecified atom stereocenters. The van der Waals surface area contributed by atoms with E-state index >= 15 is 0 Å². The monoisotopic (exact) mass is 353 g/mol. The number of pyridine rings is 2. The molecule has 0 spiro atoms. The lowest BCUT2D eigenvalue weighted by Crippen LogP contribution is -2.29. The summed E-state index contributed by atoms with van der Waals surface area (Å²) in [5, 5.41) is 5.75. The average molecular weight is 353 g/mol. The average Bonchev–Trinajstić information content (AvgIpc) is 2.98. The standard InChI is InChI=1S/C24H18FN2/c1-13-7-8-18-17-6-4-5-14(2)22(17)27-19-12-16(25)11-15-9-10-26(3)24(21(15)19)20(13)23(18)27/h4-12H,1-3H3/q+1.